The van der Waals surface area contributed by atoms with Gasteiger partial charge in [-0.25, -0.2) is 4.39 Å². The SMILES string of the molecule is OC(=S)NC(c1ccc(-n2cccc2)c(F)c1)c1c[nH]nn1. The number of aromatic amines is 1. The first-order valence-corrected chi connectivity index (χ1v) is 6.84. The summed E-state index contributed by atoms with van der Waals surface area (Å²) in [7, 11) is 0. The van der Waals surface area contributed by atoms with Crippen molar-refractivity contribution in [2.45, 2.75) is 6.04 Å². The monoisotopic (exact) mass is 317 g/mol. The fourth-order valence-corrected chi connectivity index (χ4v) is 2.33. The predicted octanol–water partition coefficient (Wildman–Crippen LogP) is 2.26. The number of aromatic nitrogens is 4. The van der Waals surface area contributed by atoms with E-state index in [0.29, 0.717) is 16.9 Å². The molecule has 6 nitrogen and oxygen atoms in total. The van der Waals surface area contributed by atoms with Gasteiger partial charge >= 0.3 is 0 Å². The van der Waals surface area contributed by atoms with Crippen molar-refractivity contribution in [3.05, 3.63) is 66.0 Å². The zero-order chi connectivity index (χ0) is 15.5. The summed E-state index contributed by atoms with van der Waals surface area (Å²) in [5.74, 6) is -0.396. The summed E-state index contributed by atoms with van der Waals surface area (Å²) in [5.41, 5.74) is 1.49. The van der Waals surface area contributed by atoms with Crippen LogP contribution in [0.25, 0.3) is 5.69 Å². The Labute approximate surface area is 130 Å². The number of hydrogen-bond acceptors (Lipinski definition) is 3. The Morgan fingerprint density at radius 3 is 2.73 bits per heavy atom. The third kappa shape index (κ3) is 2.82. The van der Waals surface area contributed by atoms with Gasteiger partial charge in [-0.15, -0.1) is 5.10 Å². The Morgan fingerprint density at radius 2 is 2.14 bits per heavy atom. The van der Waals surface area contributed by atoms with Crippen LogP contribution in [-0.2, 0) is 0 Å². The second-order valence-corrected chi connectivity index (χ2v) is 4.97. The molecular weight excluding hydrogens is 305 g/mol. The molecule has 1 atom stereocenters. The van der Waals surface area contributed by atoms with Crippen molar-refractivity contribution in [1.82, 2.24) is 25.3 Å². The third-order valence-electron chi connectivity index (χ3n) is 3.19. The summed E-state index contributed by atoms with van der Waals surface area (Å²) in [4.78, 5) is 0. The lowest BCUT2D eigenvalue weighted by atomic mass is 10.0. The van der Waals surface area contributed by atoms with Gasteiger partial charge in [-0.05, 0) is 42.0 Å². The van der Waals surface area contributed by atoms with E-state index in [0.717, 1.165) is 0 Å². The molecule has 22 heavy (non-hydrogen) atoms. The van der Waals surface area contributed by atoms with Crippen LogP contribution in [-0.4, -0.2) is 30.3 Å². The molecule has 2 aromatic heterocycles. The highest BCUT2D eigenvalue weighted by atomic mass is 32.1. The number of aliphatic hydroxyl groups is 1. The van der Waals surface area contributed by atoms with Gasteiger partial charge < -0.3 is 15.0 Å². The van der Waals surface area contributed by atoms with E-state index in [1.54, 1.807) is 35.3 Å². The summed E-state index contributed by atoms with van der Waals surface area (Å²) in [6.07, 6.45) is 5.07. The topological polar surface area (TPSA) is 78.8 Å². The number of nitrogens with zero attached hydrogens (tertiary/aromatic N) is 3. The van der Waals surface area contributed by atoms with Crippen molar-refractivity contribution < 1.29 is 9.50 Å². The molecule has 0 aliphatic rings. The highest BCUT2D eigenvalue weighted by Gasteiger charge is 2.19. The summed E-state index contributed by atoms with van der Waals surface area (Å²) >= 11 is 4.66. The maximum absolute atomic E-state index is 14.4. The highest BCUT2D eigenvalue weighted by Crippen LogP contribution is 2.23. The number of thiocarbonyl (C=S) groups is 1. The lowest BCUT2D eigenvalue weighted by Gasteiger charge is -2.17. The molecule has 0 saturated heterocycles. The molecule has 0 aliphatic carbocycles. The molecule has 8 heteroatoms. The number of halogens is 1. The van der Waals surface area contributed by atoms with Crippen LogP contribution >= 0.6 is 12.2 Å². The molecule has 1 aromatic carbocycles. The zero-order valence-electron chi connectivity index (χ0n) is 11.3. The molecule has 1 unspecified atom stereocenters. The number of nitrogens with one attached hydrogen (secondary N) is 2. The first kappa shape index (κ1) is 14.2. The zero-order valence-corrected chi connectivity index (χ0v) is 12.1. The average molecular weight is 317 g/mol. The van der Waals surface area contributed by atoms with Crippen molar-refractivity contribution in [3.8, 4) is 5.69 Å². The van der Waals surface area contributed by atoms with E-state index >= 15 is 0 Å². The number of benzene rings is 1. The van der Waals surface area contributed by atoms with Gasteiger partial charge in [0.25, 0.3) is 5.17 Å². The summed E-state index contributed by atoms with van der Waals surface area (Å²) < 4.78 is 16.0. The van der Waals surface area contributed by atoms with E-state index in [4.69, 9.17) is 0 Å². The van der Waals surface area contributed by atoms with Crippen LogP contribution in [0.1, 0.15) is 17.3 Å². The summed E-state index contributed by atoms with van der Waals surface area (Å²) in [6.45, 7) is 0. The molecule has 2 heterocycles. The predicted molar refractivity (Wildman–Crippen MR) is 82.3 cm³/mol. The van der Waals surface area contributed by atoms with Gasteiger partial charge in [0.05, 0.1) is 5.69 Å². The molecule has 0 amide bonds. The van der Waals surface area contributed by atoms with E-state index in [2.05, 4.69) is 32.9 Å². The van der Waals surface area contributed by atoms with Gasteiger partial charge in [0.15, 0.2) is 0 Å². The van der Waals surface area contributed by atoms with Crippen molar-refractivity contribution in [2.75, 3.05) is 0 Å². The van der Waals surface area contributed by atoms with Crippen LogP contribution in [0.5, 0.6) is 0 Å². The number of rotatable bonds is 4. The molecule has 3 rings (SSSR count). The lowest BCUT2D eigenvalue weighted by molar-refractivity contribution is 0.513. The second kappa shape index (κ2) is 5.94. The number of H-pyrrole nitrogens is 1. The van der Waals surface area contributed by atoms with Crippen LogP contribution in [0.3, 0.4) is 0 Å². The summed E-state index contributed by atoms with van der Waals surface area (Å²) in [5, 5.41) is 21.7. The molecule has 0 aliphatic heterocycles. The van der Waals surface area contributed by atoms with E-state index < -0.39 is 17.0 Å². The van der Waals surface area contributed by atoms with Crippen molar-refractivity contribution in [1.29, 1.82) is 0 Å². The van der Waals surface area contributed by atoms with E-state index in [1.807, 2.05) is 12.1 Å². The van der Waals surface area contributed by atoms with E-state index in [9.17, 15) is 9.50 Å². The van der Waals surface area contributed by atoms with Gasteiger partial charge in [0.1, 0.15) is 17.6 Å². The van der Waals surface area contributed by atoms with E-state index in [1.165, 1.54) is 6.07 Å². The van der Waals surface area contributed by atoms with Gasteiger partial charge in [0.2, 0.25) is 0 Å². The Hall–Kier alpha value is -2.74. The fraction of sp³-hybridized carbons (Fsp3) is 0.0714. The molecule has 112 valence electrons. The van der Waals surface area contributed by atoms with Crippen LogP contribution in [0, 0.1) is 5.82 Å². The molecule has 0 saturated carbocycles. The summed E-state index contributed by atoms with van der Waals surface area (Å²) in [6, 6.07) is 7.81. The lowest BCUT2D eigenvalue weighted by Crippen LogP contribution is -2.27. The standard InChI is InChI=1S/C14H12FN5OS/c15-10-7-9(3-4-12(10)20-5-1-2-6-20)13(17-14(21)22)11-8-16-19-18-11/h1-8,13H,(H,16,18,19)(H2,17,21,22). The minimum absolute atomic E-state index is 0.396. The molecular formula is C14H12FN5OS. The van der Waals surface area contributed by atoms with E-state index in [-0.39, 0.29) is 0 Å². The Morgan fingerprint density at radius 1 is 1.36 bits per heavy atom. The Bertz CT molecular complexity index is 773. The first-order chi connectivity index (χ1) is 10.6. The molecule has 3 aromatic rings. The molecule has 3 N–H and O–H groups in total. The van der Waals surface area contributed by atoms with Gasteiger partial charge in [0, 0.05) is 18.6 Å². The maximum atomic E-state index is 14.4. The fourth-order valence-electron chi connectivity index (χ4n) is 2.21. The molecule has 0 radical (unpaired) electrons. The second-order valence-electron chi connectivity index (χ2n) is 4.58. The van der Waals surface area contributed by atoms with Gasteiger partial charge in [-0.1, -0.05) is 11.3 Å². The number of aliphatic hydroxyl groups excluding tert-OH is 1. The van der Waals surface area contributed by atoms with Crippen LogP contribution in [0.2, 0.25) is 0 Å². The van der Waals surface area contributed by atoms with Crippen LogP contribution in [0.15, 0.2) is 48.9 Å². The minimum Gasteiger partial charge on any atom is -0.487 e. The molecule has 0 spiro atoms. The maximum Gasteiger partial charge on any atom is 0.254 e. The highest BCUT2D eigenvalue weighted by molar-refractivity contribution is 7.79. The van der Waals surface area contributed by atoms with Gasteiger partial charge in [-0.3, -0.25) is 5.10 Å². The quantitative estimate of drug-likeness (QED) is 0.643. The Kier molecular flexibility index (Phi) is 3.84. The minimum atomic E-state index is -0.593. The Balaban J connectivity index is 1.98. The van der Waals surface area contributed by atoms with Crippen LogP contribution in [0.4, 0.5) is 4.39 Å². The third-order valence-corrected chi connectivity index (χ3v) is 3.30. The number of hydrogen-bond donors (Lipinski definition) is 3. The van der Waals surface area contributed by atoms with Gasteiger partial charge in [-0.2, -0.15) is 0 Å². The van der Waals surface area contributed by atoms with Crippen molar-refractivity contribution in [3.63, 3.8) is 0 Å². The normalized spacial score (nSPS) is 12.0. The van der Waals surface area contributed by atoms with Crippen molar-refractivity contribution in [2.24, 2.45) is 0 Å². The average Bonchev–Trinajstić information content (AvgIpc) is 3.17. The first-order valence-electron chi connectivity index (χ1n) is 6.44. The molecule has 0 bridgehead atoms. The smallest absolute Gasteiger partial charge is 0.254 e. The molecule has 0 fully saturated rings. The largest absolute Gasteiger partial charge is 0.487 e. The van der Waals surface area contributed by atoms with Crippen molar-refractivity contribution >= 4 is 17.4 Å². The van der Waals surface area contributed by atoms with Crippen LogP contribution < -0.4 is 5.32 Å².